The topological polar surface area (TPSA) is 97.2 Å². The Bertz CT molecular complexity index is 1330. The van der Waals surface area contributed by atoms with Crippen molar-refractivity contribution in [2.75, 3.05) is 11.9 Å². The maximum Gasteiger partial charge on any atom is 0.243 e. The van der Waals surface area contributed by atoms with E-state index in [0.717, 1.165) is 38.1 Å². The summed E-state index contributed by atoms with van der Waals surface area (Å²) in [6, 6.07) is 11.6. The Morgan fingerprint density at radius 3 is 2.60 bits per heavy atom. The van der Waals surface area contributed by atoms with E-state index in [1.54, 1.807) is 30.3 Å². The molecule has 1 N–H and O–H groups in total. The minimum Gasteiger partial charge on any atom is -0.322 e. The number of carbonyl (C=O) groups excluding carboxylic acids is 1. The van der Waals surface area contributed by atoms with Crippen LogP contribution in [-0.4, -0.2) is 46.0 Å². The van der Waals surface area contributed by atoms with Crippen LogP contribution in [0.4, 0.5) is 10.1 Å². The molecule has 1 aromatic heterocycles. The van der Waals surface area contributed by atoms with Crippen LogP contribution in [-0.2, 0) is 27.8 Å². The van der Waals surface area contributed by atoms with Crippen molar-refractivity contribution >= 4 is 21.6 Å². The van der Waals surface area contributed by atoms with E-state index in [-0.39, 0.29) is 17.1 Å². The summed E-state index contributed by atoms with van der Waals surface area (Å²) >= 11 is 0. The number of carbonyl (C=O) groups is 1. The molecule has 2 aromatic carbocycles. The second-order valence-corrected chi connectivity index (χ2v) is 10.9. The van der Waals surface area contributed by atoms with Gasteiger partial charge in [0.1, 0.15) is 17.7 Å². The van der Waals surface area contributed by atoms with Gasteiger partial charge in [0.25, 0.3) is 0 Å². The maximum absolute atomic E-state index is 14.7. The van der Waals surface area contributed by atoms with Gasteiger partial charge in [-0.05, 0) is 56.0 Å². The Balaban J connectivity index is 1.41. The van der Waals surface area contributed by atoms with Gasteiger partial charge in [-0.2, -0.15) is 4.31 Å². The zero-order valence-electron chi connectivity index (χ0n) is 19.4. The van der Waals surface area contributed by atoms with Gasteiger partial charge in [0, 0.05) is 25.1 Å². The zero-order chi connectivity index (χ0) is 24.4. The third-order valence-electron chi connectivity index (χ3n) is 6.70. The van der Waals surface area contributed by atoms with E-state index in [2.05, 4.69) is 20.1 Å². The van der Waals surface area contributed by atoms with Crippen molar-refractivity contribution in [3.05, 3.63) is 60.2 Å². The lowest BCUT2D eigenvalue weighted by Gasteiger charge is -2.33. The molecule has 35 heavy (non-hydrogen) atoms. The highest BCUT2D eigenvalue weighted by Crippen LogP contribution is 2.29. The molecule has 10 heteroatoms. The van der Waals surface area contributed by atoms with Crippen LogP contribution in [0.25, 0.3) is 11.4 Å². The van der Waals surface area contributed by atoms with Crippen LogP contribution in [0.15, 0.2) is 53.4 Å². The number of nitrogens with zero attached hydrogens (tertiary/aromatic N) is 4. The van der Waals surface area contributed by atoms with E-state index in [0.29, 0.717) is 30.7 Å². The molecular formula is C25H28FN5O3S. The van der Waals surface area contributed by atoms with Gasteiger partial charge in [0.05, 0.1) is 10.6 Å². The lowest BCUT2D eigenvalue weighted by atomic mass is 10.0. The van der Waals surface area contributed by atoms with Crippen molar-refractivity contribution in [2.24, 2.45) is 0 Å². The molecule has 2 aliphatic heterocycles. The van der Waals surface area contributed by atoms with E-state index in [9.17, 15) is 17.6 Å². The van der Waals surface area contributed by atoms with Crippen LogP contribution < -0.4 is 5.32 Å². The Morgan fingerprint density at radius 1 is 0.971 bits per heavy atom. The molecule has 2 aliphatic rings. The van der Waals surface area contributed by atoms with Crippen LogP contribution in [0.5, 0.6) is 0 Å². The quantitative estimate of drug-likeness (QED) is 0.575. The van der Waals surface area contributed by atoms with Gasteiger partial charge in [-0.1, -0.05) is 31.0 Å². The smallest absolute Gasteiger partial charge is 0.243 e. The summed E-state index contributed by atoms with van der Waals surface area (Å²) in [7, 11) is -3.86. The summed E-state index contributed by atoms with van der Waals surface area (Å²) in [5.74, 6) is 0.422. The molecule has 3 aromatic rings. The minimum atomic E-state index is -3.86. The molecule has 0 aliphatic carbocycles. The first-order valence-corrected chi connectivity index (χ1v) is 13.5. The number of nitrogens with one attached hydrogen (secondary N) is 1. The molecule has 1 atom stereocenters. The van der Waals surface area contributed by atoms with E-state index >= 15 is 0 Å². The SMILES string of the molecule is O=C(Nc1cc(-c2nnc3n2CCCCC3)ccc1F)C1CCCCN1S(=O)(=O)c1ccccc1. The number of rotatable bonds is 5. The summed E-state index contributed by atoms with van der Waals surface area (Å²) < 4.78 is 44.5. The van der Waals surface area contributed by atoms with Crippen LogP contribution in [0.2, 0.25) is 0 Å². The standard InChI is InChI=1S/C25H28FN5O3S/c26-20-14-13-18(24-29-28-23-12-5-2-7-15-30(23)24)17-21(20)27-25(32)22-11-6-8-16-31(22)35(33,34)19-9-3-1-4-10-19/h1,3-4,9-10,13-14,17,22H,2,5-8,11-12,15-16H2,(H,27,32). The third kappa shape index (κ3) is 4.72. The largest absolute Gasteiger partial charge is 0.322 e. The number of hydrogen-bond donors (Lipinski definition) is 1. The number of anilines is 1. The molecule has 0 spiro atoms. The summed E-state index contributed by atoms with van der Waals surface area (Å²) in [6.45, 7) is 1.04. The molecule has 0 radical (unpaired) electrons. The molecule has 3 heterocycles. The van der Waals surface area contributed by atoms with Gasteiger partial charge in [-0.15, -0.1) is 10.2 Å². The number of halogens is 1. The molecule has 1 saturated heterocycles. The number of benzene rings is 2. The highest BCUT2D eigenvalue weighted by atomic mass is 32.2. The van der Waals surface area contributed by atoms with Gasteiger partial charge in [0.15, 0.2) is 5.82 Å². The Labute approximate surface area is 204 Å². The summed E-state index contributed by atoms with van der Waals surface area (Å²) in [6.07, 6.45) is 5.81. The lowest BCUT2D eigenvalue weighted by molar-refractivity contribution is -0.120. The van der Waals surface area contributed by atoms with Gasteiger partial charge in [-0.25, -0.2) is 12.8 Å². The fraction of sp³-hybridized carbons (Fsp3) is 0.400. The Hall–Kier alpha value is -3.11. The minimum absolute atomic E-state index is 0.00102. The Morgan fingerprint density at radius 2 is 1.77 bits per heavy atom. The van der Waals surface area contributed by atoms with Crippen molar-refractivity contribution in [3.8, 4) is 11.4 Å². The number of aryl methyl sites for hydroxylation is 1. The number of aromatic nitrogens is 3. The van der Waals surface area contributed by atoms with Gasteiger partial charge in [0.2, 0.25) is 15.9 Å². The molecule has 5 rings (SSSR count). The number of fused-ring (bicyclic) bond motifs is 1. The van der Waals surface area contributed by atoms with Crippen LogP contribution in [0.3, 0.4) is 0 Å². The van der Waals surface area contributed by atoms with E-state index in [4.69, 9.17) is 0 Å². The predicted octanol–water partition coefficient (Wildman–Crippen LogP) is 3.99. The van der Waals surface area contributed by atoms with E-state index < -0.39 is 27.8 Å². The first-order valence-electron chi connectivity index (χ1n) is 12.0. The van der Waals surface area contributed by atoms with Crippen molar-refractivity contribution in [3.63, 3.8) is 0 Å². The number of piperidine rings is 1. The molecule has 1 unspecified atom stereocenters. The second-order valence-electron chi connectivity index (χ2n) is 9.03. The van der Waals surface area contributed by atoms with Crippen LogP contribution in [0.1, 0.15) is 44.3 Å². The first kappa shape index (κ1) is 23.6. The lowest BCUT2D eigenvalue weighted by Crippen LogP contribution is -2.49. The summed E-state index contributed by atoms with van der Waals surface area (Å²) in [4.78, 5) is 13.4. The second kappa shape index (κ2) is 9.87. The molecule has 1 fully saturated rings. The molecule has 1 amide bonds. The van der Waals surface area contributed by atoms with Crippen molar-refractivity contribution in [2.45, 2.75) is 62.4 Å². The maximum atomic E-state index is 14.7. The van der Waals surface area contributed by atoms with E-state index in [1.165, 1.54) is 22.5 Å². The predicted molar refractivity (Wildman–Crippen MR) is 130 cm³/mol. The van der Waals surface area contributed by atoms with Gasteiger partial charge >= 0.3 is 0 Å². The summed E-state index contributed by atoms with van der Waals surface area (Å²) in [5.41, 5.74) is 0.654. The fourth-order valence-corrected chi connectivity index (χ4v) is 6.53. The highest BCUT2D eigenvalue weighted by molar-refractivity contribution is 7.89. The van der Waals surface area contributed by atoms with Gasteiger partial charge in [-0.3, -0.25) is 4.79 Å². The third-order valence-corrected chi connectivity index (χ3v) is 8.62. The average molecular weight is 498 g/mol. The van der Waals surface area contributed by atoms with Crippen LogP contribution >= 0.6 is 0 Å². The highest BCUT2D eigenvalue weighted by Gasteiger charge is 2.37. The van der Waals surface area contributed by atoms with Gasteiger partial charge < -0.3 is 9.88 Å². The number of amides is 1. The monoisotopic (exact) mass is 497 g/mol. The Kier molecular flexibility index (Phi) is 6.66. The molecule has 184 valence electrons. The number of hydrogen-bond acceptors (Lipinski definition) is 5. The van der Waals surface area contributed by atoms with E-state index in [1.807, 2.05) is 0 Å². The average Bonchev–Trinajstić information content (AvgIpc) is 3.13. The molecule has 8 nitrogen and oxygen atoms in total. The summed E-state index contributed by atoms with van der Waals surface area (Å²) in [5, 5.41) is 11.3. The molecule has 0 bridgehead atoms. The zero-order valence-corrected chi connectivity index (χ0v) is 20.2. The number of sulfonamides is 1. The van der Waals surface area contributed by atoms with Crippen molar-refractivity contribution in [1.29, 1.82) is 0 Å². The van der Waals surface area contributed by atoms with Crippen LogP contribution in [0, 0.1) is 5.82 Å². The normalized spacial score (nSPS) is 19.1. The van der Waals surface area contributed by atoms with Crippen molar-refractivity contribution in [1.82, 2.24) is 19.1 Å². The molecule has 0 saturated carbocycles. The fourth-order valence-electron chi connectivity index (χ4n) is 4.86. The van der Waals surface area contributed by atoms with Crippen molar-refractivity contribution < 1.29 is 17.6 Å². The molecular weight excluding hydrogens is 469 g/mol. The first-order chi connectivity index (χ1) is 16.9.